The summed E-state index contributed by atoms with van der Waals surface area (Å²) in [4.78, 5) is 10.9. The van der Waals surface area contributed by atoms with Crippen LogP contribution in [0.2, 0.25) is 0 Å². The summed E-state index contributed by atoms with van der Waals surface area (Å²) in [5.41, 5.74) is 7.68. The normalized spacial score (nSPS) is 10.5. The van der Waals surface area contributed by atoms with Gasteiger partial charge in [0.2, 0.25) is 0 Å². The summed E-state index contributed by atoms with van der Waals surface area (Å²) in [6.45, 7) is 0. The summed E-state index contributed by atoms with van der Waals surface area (Å²) in [5, 5.41) is 0. The van der Waals surface area contributed by atoms with Crippen LogP contribution < -0.4 is 0 Å². The largest absolute Gasteiger partial charge is 0.298 e. The zero-order chi connectivity index (χ0) is 17.8. The Morgan fingerprint density at radius 3 is 1.19 bits per heavy atom. The molecule has 0 bridgehead atoms. The number of aldehydes is 1. The predicted molar refractivity (Wildman–Crippen MR) is 108 cm³/mol. The van der Waals surface area contributed by atoms with Gasteiger partial charge in [0, 0.05) is 5.56 Å². The van der Waals surface area contributed by atoms with Crippen LogP contribution in [0.15, 0.2) is 103 Å². The number of hydrogen-bond acceptors (Lipinski definition) is 1. The van der Waals surface area contributed by atoms with Crippen LogP contribution in [-0.2, 0) is 0 Å². The first kappa shape index (κ1) is 16.0. The van der Waals surface area contributed by atoms with E-state index in [2.05, 4.69) is 66.7 Å². The second-order valence-electron chi connectivity index (χ2n) is 6.27. The molecule has 0 amide bonds. The third-order valence-corrected chi connectivity index (χ3v) is 4.53. The zero-order valence-electron chi connectivity index (χ0n) is 14.3. The van der Waals surface area contributed by atoms with E-state index in [0.717, 1.165) is 17.4 Å². The fourth-order valence-electron chi connectivity index (χ4n) is 3.14. The van der Waals surface area contributed by atoms with Gasteiger partial charge in [0.1, 0.15) is 6.29 Å². The fraction of sp³-hybridized carbons (Fsp3) is 0. The Labute approximate surface area is 153 Å². The molecule has 0 fully saturated rings. The van der Waals surface area contributed by atoms with Crippen molar-refractivity contribution in [1.82, 2.24) is 0 Å². The van der Waals surface area contributed by atoms with E-state index in [4.69, 9.17) is 0 Å². The molecule has 1 heteroatoms. The van der Waals surface area contributed by atoms with E-state index in [0.29, 0.717) is 5.56 Å². The standard InChI is InChI=1S/C25H18O/c26-18-19-11-13-22(14-12-19)25-16-23(20-7-3-1-4-8-20)15-24(17-25)21-9-5-2-6-10-21/h1-18H. The summed E-state index contributed by atoms with van der Waals surface area (Å²) >= 11 is 0. The van der Waals surface area contributed by atoms with Crippen molar-refractivity contribution in [1.29, 1.82) is 0 Å². The molecule has 0 aliphatic rings. The monoisotopic (exact) mass is 334 g/mol. The molecule has 0 aromatic heterocycles. The van der Waals surface area contributed by atoms with Gasteiger partial charge in [-0.15, -0.1) is 0 Å². The van der Waals surface area contributed by atoms with Crippen LogP contribution in [0.5, 0.6) is 0 Å². The number of benzene rings is 4. The SMILES string of the molecule is O=Cc1ccc(-c2cc(-c3ccccc3)cc(-c3ccccc3)c2)cc1. The van der Waals surface area contributed by atoms with Crippen molar-refractivity contribution in [2.75, 3.05) is 0 Å². The molecule has 4 aromatic rings. The van der Waals surface area contributed by atoms with E-state index in [9.17, 15) is 4.79 Å². The van der Waals surface area contributed by atoms with Crippen molar-refractivity contribution >= 4 is 6.29 Å². The molecule has 0 N–H and O–H groups in total. The fourth-order valence-corrected chi connectivity index (χ4v) is 3.14. The summed E-state index contributed by atoms with van der Waals surface area (Å²) in [6, 6.07) is 35.2. The van der Waals surface area contributed by atoms with E-state index in [-0.39, 0.29) is 0 Å². The molecule has 0 spiro atoms. The Hall–Kier alpha value is -3.45. The van der Waals surface area contributed by atoms with Crippen molar-refractivity contribution < 1.29 is 4.79 Å². The molecule has 4 aromatic carbocycles. The van der Waals surface area contributed by atoms with Crippen LogP contribution in [0.3, 0.4) is 0 Å². The number of carbonyl (C=O) groups excluding carboxylic acids is 1. The molecule has 0 radical (unpaired) electrons. The second kappa shape index (κ2) is 7.20. The third-order valence-electron chi connectivity index (χ3n) is 4.53. The average molecular weight is 334 g/mol. The lowest BCUT2D eigenvalue weighted by molar-refractivity contribution is 0.112. The molecule has 1 nitrogen and oxygen atoms in total. The van der Waals surface area contributed by atoms with Crippen LogP contribution in [0.25, 0.3) is 33.4 Å². The van der Waals surface area contributed by atoms with Crippen molar-refractivity contribution in [3.05, 3.63) is 109 Å². The van der Waals surface area contributed by atoms with Gasteiger partial charge < -0.3 is 0 Å². The lowest BCUT2D eigenvalue weighted by atomic mass is 9.93. The van der Waals surface area contributed by atoms with E-state index in [1.807, 2.05) is 36.4 Å². The molecule has 4 rings (SSSR count). The molecule has 0 heterocycles. The lowest BCUT2D eigenvalue weighted by Gasteiger charge is -2.11. The summed E-state index contributed by atoms with van der Waals surface area (Å²) in [6.07, 6.45) is 0.875. The Morgan fingerprint density at radius 1 is 0.423 bits per heavy atom. The number of carbonyl (C=O) groups is 1. The Morgan fingerprint density at radius 2 is 0.808 bits per heavy atom. The van der Waals surface area contributed by atoms with Gasteiger partial charge in [-0.1, -0.05) is 84.9 Å². The molecule has 124 valence electrons. The number of rotatable bonds is 4. The van der Waals surface area contributed by atoms with Crippen molar-refractivity contribution in [3.63, 3.8) is 0 Å². The maximum atomic E-state index is 10.9. The smallest absolute Gasteiger partial charge is 0.150 e. The summed E-state index contributed by atoms with van der Waals surface area (Å²) in [7, 11) is 0. The highest BCUT2D eigenvalue weighted by Gasteiger charge is 2.07. The highest BCUT2D eigenvalue weighted by atomic mass is 16.1. The van der Waals surface area contributed by atoms with Gasteiger partial charge >= 0.3 is 0 Å². The minimum atomic E-state index is 0.691. The minimum Gasteiger partial charge on any atom is -0.298 e. The van der Waals surface area contributed by atoms with Crippen molar-refractivity contribution in [3.8, 4) is 33.4 Å². The highest BCUT2D eigenvalue weighted by molar-refractivity contribution is 5.82. The average Bonchev–Trinajstić information content (AvgIpc) is 2.75. The van der Waals surface area contributed by atoms with Gasteiger partial charge in [0.15, 0.2) is 0 Å². The van der Waals surface area contributed by atoms with Crippen molar-refractivity contribution in [2.24, 2.45) is 0 Å². The van der Waals surface area contributed by atoms with Crippen LogP contribution in [0, 0.1) is 0 Å². The molecular formula is C25H18O. The number of hydrogen-bond donors (Lipinski definition) is 0. The first-order valence-electron chi connectivity index (χ1n) is 8.65. The third kappa shape index (κ3) is 3.33. The quantitative estimate of drug-likeness (QED) is 0.389. The molecule has 0 aliphatic heterocycles. The van der Waals surface area contributed by atoms with Crippen molar-refractivity contribution in [2.45, 2.75) is 0 Å². The maximum absolute atomic E-state index is 10.9. The molecule has 0 aliphatic carbocycles. The van der Waals surface area contributed by atoms with Crippen LogP contribution in [0.1, 0.15) is 10.4 Å². The summed E-state index contributed by atoms with van der Waals surface area (Å²) < 4.78 is 0. The molecule has 0 unspecified atom stereocenters. The molecule has 26 heavy (non-hydrogen) atoms. The topological polar surface area (TPSA) is 17.1 Å². The van der Waals surface area contributed by atoms with E-state index in [1.54, 1.807) is 0 Å². The van der Waals surface area contributed by atoms with Gasteiger partial charge in [0.25, 0.3) is 0 Å². The van der Waals surface area contributed by atoms with Gasteiger partial charge in [-0.3, -0.25) is 4.79 Å². The van der Waals surface area contributed by atoms with Gasteiger partial charge in [-0.2, -0.15) is 0 Å². The Kier molecular flexibility index (Phi) is 4.44. The Balaban J connectivity index is 1.88. The van der Waals surface area contributed by atoms with Crippen LogP contribution in [-0.4, -0.2) is 6.29 Å². The minimum absolute atomic E-state index is 0.691. The summed E-state index contributed by atoms with van der Waals surface area (Å²) in [5.74, 6) is 0. The first-order chi connectivity index (χ1) is 12.8. The molecule has 0 saturated carbocycles. The molecular weight excluding hydrogens is 316 g/mol. The lowest BCUT2D eigenvalue weighted by Crippen LogP contribution is -1.86. The molecule has 0 atom stereocenters. The highest BCUT2D eigenvalue weighted by Crippen LogP contribution is 2.32. The molecule has 0 saturated heterocycles. The Bertz CT molecular complexity index is 959. The van der Waals surface area contributed by atoms with Gasteiger partial charge in [-0.25, -0.2) is 0 Å². The van der Waals surface area contributed by atoms with Crippen LogP contribution in [0.4, 0.5) is 0 Å². The first-order valence-corrected chi connectivity index (χ1v) is 8.65. The van der Waals surface area contributed by atoms with E-state index >= 15 is 0 Å². The van der Waals surface area contributed by atoms with E-state index in [1.165, 1.54) is 22.3 Å². The second-order valence-corrected chi connectivity index (χ2v) is 6.27. The van der Waals surface area contributed by atoms with Gasteiger partial charge in [-0.05, 0) is 51.6 Å². The zero-order valence-corrected chi connectivity index (χ0v) is 14.3. The predicted octanol–water partition coefficient (Wildman–Crippen LogP) is 6.50. The maximum Gasteiger partial charge on any atom is 0.150 e. The van der Waals surface area contributed by atoms with E-state index < -0.39 is 0 Å². The van der Waals surface area contributed by atoms with Crippen LogP contribution >= 0.6 is 0 Å². The van der Waals surface area contributed by atoms with Gasteiger partial charge in [0.05, 0.1) is 0 Å².